The third-order valence-corrected chi connectivity index (χ3v) is 7.31. The van der Waals surface area contributed by atoms with Crippen LogP contribution in [0.4, 0.5) is 11.4 Å². The average molecular weight is 410 g/mol. The molecule has 9 nitrogen and oxygen atoms in total. The Balaban J connectivity index is 1.73. The van der Waals surface area contributed by atoms with Crippen LogP contribution in [0.5, 0.6) is 0 Å². The first-order chi connectivity index (χ1) is 13.3. The number of benzene rings is 1. The van der Waals surface area contributed by atoms with Gasteiger partial charge in [0.25, 0.3) is 11.6 Å². The van der Waals surface area contributed by atoms with Crippen LogP contribution in [0.1, 0.15) is 43.0 Å². The number of nitro groups is 1. The van der Waals surface area contributed by atoms with E-state index in [2.05, 4.69) is 10.2 Å². The first kappa shape index (κ1) is 20.5. The predicted octanol–water partition coefficient (Wildman–Crippen LogP) is 1.74. The fraction of sp³-hybridized carbons (Fsp3) is 0.611. The Kier molecular flexibility index (Phi) is 6.19. The van der Waals surface area contributed by atoms with Gasteiger partial charge in [0, 0.05) is 44.4 Å². The molecule has 2 fully saturated rings. The minimum Gasteiger partial charge on any atom is -0.371 e. The molecule has 10 heteroatoms. The lowest BCUT2D eigenvalue weighted by Crippen LogP contribution is -2.47. The van der Waals surface area contributed by atoms with E-state index in [1.54, 1.807) is 13.0 Å². The van der Waals surface area contributed by atoms with Gasteiger partial charge in [-0.05, 0) is 38.7 Å². The summed E-state index contributed by atoms with van der Waals surface area (Å²) >= 11 is 0. The topological polar surface area (TPSA) is 113 Å². The summed E-state index contributed by atoms with van der Waals surface area (Å²) in [5, 5.41) is 14.1. The van der Waals surface area contributed by atoms with Crippen molar-refractivity contribution in [2.24, 2.45) is 0 Å². The van der Waals surface area contributed by atoms with Gasteiger partial charge in [-0.25, -0.2) is 12.7 Å². The second-order valence-electron chi connectivity index (χ2n) is 7.20. The van der Waals surface area contributed by atoms with Crippen LogP contribution in [-0.2, 0) is 10.0 Å². The summed E-state index contributed by atoms with van der Waals surface area (Å²) in [5.41, 5.74) is 0.906. The van der Waals surface area contributed by atoms with Crippen molar-refractivity contribution >= 4 is 27.3 Å². The van der Waals surface area contributed by atoms with E-state index in [9.17, 15) is 23.3 Å². The van der Waals surface area contributed by atoms with Crippen LogP contribution in [0.25, 0.3) is 0 Å². The second-order valence-corrected chi connectivity index (χ2v) is 9.46. The molecule has 0 saturated carbocycles. The number of non-ortho nitro benzene ring substituents is 1. The highest BCUT2D eigenvalue weighted by atomic mass is 32.2. The van der Waals surface area contributed by atoms with Crippen LogP contribution in [-0.4, -0.2) is 61.5 Å². The first-order valence-corrected chi connectivity index (χ1v) is 11.2. The van der Waals surface area contributed by atoms with Crippen LogP contribution < -0.4 is 10.2 Å². The summed E-state index contributed by atoms with van der Waals surface area (Å²) in [7, 11) is -3.22. The number of nitrogens with zero attached hydrogens (tertiary/aromatic N) is 3. The van der Waals surface area contributed by atoms with Gasteiger partial charge in [0.1, 0.15) is 0 Å². The lowest BCUT2D eigenvalue weighted by molar-refractivity contribution is -0.384. The molecule has 0 aromatic heterocycles. The van der Waals surface area contributed by atoms with Crippen molar-refractivity contribution < 1.29 is 18.1 Å². The second kappa shape index (κ2) is 8.44. The Labute approximate surface area is 164 Å². The molecule has 1 aromatic carbocycles. The molecule has 3 rings (SSSR count). The molecular formula is C18H26N4O5S. The highest BCUT2D eigenvalue weighted by Crippen LogP contribution is 2.28. The molecule has 0 atom stereocenters. The normalized spacial score (nSPS) is 19.0. The zero-order valence-electron chi connectivity index (χ0n) is 16.0. The number of piperidine rings is 1. The van der Waals surface area contributed by atoms with Gasteiger partial charge in [-0.15, -0.1) is 0 Å². The van der Waals surface area contributed by atoms with E-state index in [1.165, 1.54) is 16.4 Å². The minimum absolute atomic E-state index is 0.0664. The molecule has 2 saturated heterocycles. The zero-order chi connectivity index (χ0) is 20.3. The molecule has 1 amide bonds. The van der Waals surface area contributed by atoms with Crippen molar-refractivity contribution in [1.29, 1.82) is 0 Å². The van der Waals surface area contributed by atoms with Crippen LogP contribution in [0.3, 0.4) is 0 Å². The number of rotatable bonds is 6. The molecule has 2 aliphatic heterocycles. The van der Waals surface area contributed by atoms with Gasteiger partial charge in [-0.1, -0.05) is 0 Å². The zero-order valence-corrected chi connectivity index (χ0v) is 16.8. The van der Waals surface area contributed by atoms with Gasteiger partial charge in [0.2, 0.25) is 10.0 Å². The van der Waals surface area contributed by atoms with E-state index >= 15 is 0 Å². The van der Waals surface area contributed by atoms with E-state index in [1.807, 2.05) is 0 Å². The number of hydrogen-bond donors (Lipinski definition) is 1. The van der Waals surface area contributed by atoms with Gasteiger partial charge in [-0.3, -0.25) is 14.9 Å². The molecule has 154 valence electrons. The summed E-state index contributed by atoms with van der Waals surface area (Å²) in [4.78, 5) is 25.6. The van der Waals surface area contributed by atoms with Crippen LogP contribution in [0.15, 0.2) is 18.2 Å². The maximum Gasteiger partial charge on any atom is 0.270 e. The first-order valence-electron chi connectivity index (χ1n) is 9.64. The number of amides is 1. The molecular weight excluding hydrogens is 384 g/mol. The number of carbonyl (C=O) groups is 1. The SMILES string of the molecule is CCS(=O)(=O)N1CCC(NC(=O)c2cc([N+](=O)[O-])ccc2N2CCCC2)CC1. The molecule has 0 spiro atoms. The molecule has 28 heavy (non-hydrogen) atoms. The standard InChI is InChI=1S/C18H26N4O5S/c1-2-28(26,27)21-11-7-14(8-12-21)19-18(23)16-13-15(22(24)25)5-6-17(16)20-9-3-4-10-20/h5-6,13-14H,2-4,7-12H2,1H3,(H,19,23). The Bertz CT molecular complexity index is 844. The van der Waals surface area contributed by atoms with Crippen LogP contribution in [0.2, 0.25) is 0 Å². The predicted molar refractivity (Wildman–Crippen MR) is 106 cm³/mol. The van der Waals surface area contributed by atoms with Crippen molar-refractivity contribution in [1.82, 2.24) is 9.62 Å². The number of nitrogens with one attached hydrogen (secondary N) is 1. The summed E-state index contributed by atoms with van der Waals surface area (Å²) in [6.07, 6.45) is 3.11. The highest BCUT2D eigenvalue weighted by molar-refractivity contribution is 7.89. The van der Waals surface area contributed by atoms with Crippen molar-refractivity contribution in [3.8, 4) is 0 Å². The van der Waals surface area contributed by atoms with Gasteiger partial charge in [-0.2, -0.15) is 0 Å². The quantitative estimate of drug-likeness (QED) is 0.565. The molecule has 0 bridgehead atoms. The summed E-state index contributed by atoms with van der Waals surface area (Å²) in [5.74, 6) is -0.279. The third-order valence-electron chi connectivity index (χ3n) is 5.43. The third kappa shape index (κ3) is 4.44. The lowest BCUT2D eigenvalue weighted by Gasteiger charge is -2.31. The van der Waals surface area contributed by atoms with E-state index in [-0.39, 0.29) is 23.4 Å². The maximum atomic E-state index is 12.9. The fourth-order valence-electron chi connectivity index (χ4n) is 3.78. The molecule has 1 aromatic rings. The van der Waals surface area contributed by atoms with E-state index in [0.717, 1.165) is 25.9 Å². The van der Waals surface area contributed by atoms with Crippen molar-refractivity contribution in [2.45, 2.75) is 38.6 Å². The monoisotopic (exact) mass is 410 g/mol. The highest BCUT2D eigenvalue weighted by Gasteiger charge is 2.29. The van der Waals surface area contributed by atoms with Gasteiger partial charge >= 0.3 is 0 Å². The van der Waals surface area contributed by atoms with Crippen LogP contribution >= 0.6 is 0 Å². The number of hydrogen-bond acceptors (Lipinski definition) is 6. The largest absolute Gasteiger partial charge is 0.371 e. The van der Waals surface area contributed by atoms with Crippen molar-refractivity contribution in [2.75, 3.05) is 36.8 Å². The van der Waals surface area contributed by atoms with Gasteiger partial charge < -0.3 is 10.2 Å². The Morgan fingerprint density at radius 1 is 1.21 bits per heavy atom. The molecule has 0 unspecified atom stereocenters. The van der Waals surface area contributed by atoms with E-state index < -0.39 is 14.9 Å². The Morgan fingerprint density at radius 2 is 1.86 bits per heavy atom. The lowest BCUT2D eigenvalue weighted by atomic mass is 10.0. The molecule has 0 aliphatic carbocycles. The number of anilines is 1. The number of nitro benzene ring substituents is 1. The molecule has 2 aliphatic rings. The number of carbonyl (C=O) groups excluding carboxylic acids is 1. The minimum atomic E-state index is -3.22. The summed E-state index contributed by atoms with van der Waals surface area (Å²) < 4.78 is 25.4. The number of sulfonamides is 1. The van der Waals surface area contributed by atoms with E-state index in [0.29, 0.717) is 37.2 Å². The van der Waals surface area contributed by atoms with Crippen molar-refractivity contribution in [3.05, 3.63) is 33.9 Å². The molecule has 1 N–H and O–H groups in total. The average Bonchev–Trinajstić information content (AvgIpc) is 3.22. The molecule has 0 radical (unpaired) electrons. The Morgan fingerprint density at radius 3 is 2.43 bits per heavy atom. The summed E-state index contributed by atoms with van der Waals surface area (Å²) in [6, 6.07) is 4.26. The molecule has 2 heterocycles. The van der Waals surface area contributed by atoms with Gasteiger partial charge in [0.05, 0.1) is 21.9 Å². The smallest absolute Gasteiger partial charge is 0.270 e. The fourth-order valence-corrected chi connectivity index (χ4v) is 4.91. The van der Waals surface area contributed by atoms with Gasteiger partial charge in [0.15, 0.2) is 0 Å². The maximum absolute atomic E-state index is 12.9. The summed E-state index contributed by atoms with van der Waals surface area (Å²) in [6.45, 7) is 4.01. The van der Waals surface area contributed by atoms with E-state index in [4.69, 9.17) is 0 Å². The van der Waals surface area contributed by atoms with Crippen LogP contribution in [0, 0.1) is 10.1 Å². The van der Waals surface area contributed by atoms with Crippen molar-refractivity contribution in [3.63, 3.8) is 0 Å². The Hall–Kier alpha value is -2.20.